The molecule has 0 aromatic heterocycles. The highest BCUT2D eigenvalue weighted by atomic mass is 19.4. The number of hydrogen-bond donors (Lipinski definition) is 1. The molecular formula is C12H12F6O3. The second kappa shape index (κ2) is 6.00. The van der Waals surface area contributed by atoms with Gasteiger partial charge in [0, 0.05) is 0 Å². The zero-order valence-corrected chi connectivity index (χ0v) is 10.9. The van der Waals surface area contributed by atoms with Crippen LogP contribution in [0.2, 0.25) is 0 Å². The number of hydrogen-bond acceptors (Lipinski definition) is 3. The zero-order chi connectivity index (χ0) is 16.4. The van der Waals surface area contributed by atoms with Crippen LogP contribution in [-0.4, -0.2) is 31.7 Å². The maximum atomic E-state index is 12.5. The van der Waals surface area contributed by atoms with E-state index in [-0.39, 0.29) is 11.5 Å². The maximum absolute atomic E-state index is 12.5. The molecule has 1 aromatic carbocycles. The van der Waals surface area contributed by atoms with Gasteiger partial charge in [0.2, 0.25) is 0 Å². The Bertz CT molecular complexity index is 469. The summed E-state index contributed by atoms with van der Waals surface area (Å²) in [5.41, 5.74) is -0.577. The Kier molecular flexibility index (Phi) is 4.98. The topological polar surface area (TPSA) is 38.7 Å². The second-order valence-corrected chi connectivity index (χ2v) is 4.12. The quantitative estimate of drug-likeness (QED) is 0.864. The third-order valence-electron chi connectivity index (χ3n) is 2.77. The average molecular weight is 318 g/mol. The number of halogens is 6. The molecule has 0 bridgehead atoms. The first-order valence-electron chi connectivity index (χ1n) is 5.55. The second-order valence-electron chi connectivity index (χ2n) is 4.12. The molecule has 0 saturated carbocycles. The molecule has 0 fully saturated rings. The molecule has 1 rings (SSSR count). The minimum Gasteiger partial charge on any atom is -0.493 e. The molecule has 0 aliphatic carbocycles. The Labute approximate surface area is 116 Å². The van der Waals surface area contributed by atoms with E-state index in [4.69, 9.17) is 9.47 Å². The number of aliphatic hydroxyl groups excluding tert-OH is 1. The van der Waals surface area contributed by atoms with E-state index in [0.717, 1.165) is 18.2 Å². The number of methoxy groups -OCH3 is 2. The van der Waals surface area contributed by atoms with E-state index in [2.05, 4.69) is 0 Å². The monoisotopic (exact) mass is 318 g/mol. The summed E-state index contributed by atoms with van der Waals surface area (Å²) in [6.45, 7) is 0. The lowest BCUT2D eigenvalue weighted by Crippen LogP contribution is -2.40. The van der Waals surface area contributed by atoms with Crippen molar-refractivity contribution < 1.29 is 40.9 Å². The lowest BCUT2D eigenvalue weighted by molar-refractivity contribution is -0.307. The third-order valence-corrected chi connectivity index (χ3v) is 2.77. The van der Waals surface area contributed by atoms with Crippen LogP contribution in [0, 0.1) is 5.92 Å². The fourth-order valence-corrected chi connectivity index (χ4v) is 1.77. The summed E-state index contributed by atoms with van der Waals surface area (Å²) in [7, 11) is 2.42. The molecule has 1 atom stereocenters. The molecule has 1 aromatic rings. The maximum Gasteiger partial charge on any atom is 0.403 e. The van der Waals surface area contributed by atoms with Crippen molar-refractivity contribution in [3.8, 4) is 11.5 Å². The molecular weight excluding hydrogens is 306 g/mol. The fraction of sp³-hybridized carbons (Fsp3) is 0.500. The molecule has 3 nitrogen and oxygen atoms in total. The smallest absolute Gasteiger partial charge is 0.403 e. The molecule has 0 heterocycles. The van der Waals surface area contributed by atoms with Gasteiger partial charge in [-0.15, -0.1) is 0 Å². The van der Waals surface area contributed by atoms with Gasteiger partial charge in [-0.25, -0.2) is 0 Å². The van der Waals surface area contributed by atoms with Crippen molar-refractivity contribution in [3.63, 3.8) is 0 Å². The largest absolute Gasteiger partial charge is 0.493 e. The van der Waals surface area contributed by atoms with Crippen molar-refractivity contribution in [2.75, 3.05) is 14.2 Å². The van der Waals surface area contributed by atoms with Gasteiger partial charge in [0.25, 0.3) is 0 Å². The van der Waals surface area contributed by atoms with Crippen molar-refractivity contribution in [1.82, 2.24) is 0 Å². The van der Waals surface area contributed by atoms with E-state index in [0.29, 0.717) is 0 Å². The van der Waals surface area contributed by atoms with Gasteiger partial charge in [-0.2, -0.15) is 26.3 Å². The molecule has 1 unspecified atom stereocenters. The highest BCUT2D eigenvalue weighted by Crippen LogP contribution is 2.47. The highest BCUT2D eigenvalue weighted by molar-refractivity contribution is 5.43. The van der Waals surface area contributed by atoms with Gasteiger partial charge >= 0.3 is 12.4 Å². The zero-order valence-electron chi connectivity index (χ0n) is 10.9. The van der Waals surface area contributed by atoms with Gasteiger partial charge in [-0.3, -0.25) is 0 Å². The van der Waals surface area contributed by atoms with Crippen LogP contribution in [0.4, 0.5) is 26.3 Å². The predicted octanol–water partition coefficient (Wildman–Crippen LogP) is 3.48. The first kappa shape index (κ1) is 17.4. The minimum atomic E-state index is -5.63. The van der Waals surface area contributed by atoms with Crippen LogP contribution in [-0.2, 0) is 0 Å². The first-order chi connectivity index (χ1) is 9.52. The van der Waals surface area contributed by atoms with Crippen molar-refractivity contribution in [3.05, 3.63) is 23.8 Å². The van der Waals surface area contributed by atoms with Gasteiger partial charge in [0.15, 0.2) is 17.4 Å². The summed E-state index contributed by atoms with van der Waals surface area (Å²) in [5.74, 6) is -3.86. The molecule has 1 N–H and O–H groups in total. The molecule has 120 valence electrons. The summed E-state index contributed by atoms with van der Waals surface area (Å²) in [5, 5.41) is 9.50. The summed E-state index contributed by atoms with van der Waals surface area (Å²) >= 11 is 0. The van der Waals surface area contributed by atoms with Crippen LogP contribution in [0.3, 0.4) is 0 Å². The molecule has 0 aliphatic heterocycles. The van der Waals surface area contributed by atoms with E-state index >= 15 is 0 Å². The SMILES string of the molecule is COc1ccc(C(O)C(C(F)(F)F)C(F)(F)F)cc1OC. The van der Waals surface area contributed by atoms with Crippen LogP contribution < -0.4 is 9.47 Å². The van der Waals surface area contributed by atoms with Crippen LogP contribution in [0.1, 0.15) is 11.7 Å². The Morgan fingerprint density at radius 3 is 1.76 bits per heavy atom. The molecule has 0 aliphatic rings. The lowest BCUT2D eigenvalue weighted by atomic mass is 9.94. The normalized spacial score (nSPS) is 14.2. The van der Waals surface area contributed by atoms with Crippen LogP contribution >= 0.6 is 0 Å². The van der Waals surface area contributed by atoms with Crippen molar-refractivity contribution >= 4 is 0 Å². The average Bonchev–Trinajstić information content (AvgIpc) is 2.34. The fourth-order valence-electron chi connectivity index (χ4n) is 1.77. The number of alkyl halides is 6. The highest BCUT2D eigenvalue weighted by Gasteiger charge is 2.60. The van der Waals surface area contributed by atoms with Crippen molar-refractivity contribution in [2.45, 2.75) is 18.5 Å². The van der Waals surface area contributed by atoms with Gasteiger partial charge in [0.05, 0.1) is 20.3 Å². The van der Waals surface area contributed by atoms with E-state index < -0.39 is 29.9 Å². The van der Waals surface area contributed by atoms with Gasteiger partial charge in [-0.1, -0.05) is 6.07 Å². The van der Waals surface area contributed by atoms with Crippen LogP contribution in [0.25, 0.3) is 0 Å². The van der Waals surface area contributed by atoms with Gasteiger partial charge in [0.1, 0.15) is 0 Å². The van der Waals surface area contributed by atoms with E-state index in [1.807, 2.05) is 0 Å². The summed E-state index contributed by atoms with van der Waals surface area (Å²) in [4.78, 5) is 0. The predicted molar refractivity (Wildman–Crippen MR) is 60.1 cm³/mol. The number of aliphatic hydroxyl groups is 1. The molecule has 0 spiro atoms. The number of ether oxygens (including phenoxy) is 2. The standard InChI is InChI=1S/C12H12F6O3/c1-20-7-4-3-6(5-8(7)21-2)9(19)10(11(13,14)15)12(16,17)18/h3-5,9-10,19H,1-2H3. The Hall–Kier alpha value is -1.64. The van der Waals surface area contributed by atoms with E-state index in [9.17, 15) is 31.4 Å². The Balaban J connectivity index is 3.25. The summed E-state index contributed by atoms with van der Waals surface area (Å²) in [6.07, 6.45) is -14.1. The number of benzene rings is 1. The van der Waals surface area contributed by atoms with Crippen LogP contribution in [0.5, 0.6) is 11.5 Å². The van der Waals surface area contributed by atoms with E-state index in [1.54, 1.807) is 0 Å². The first-order valence-corrected chi connectivity index (χ1v) is 5.55. The third kappa shape index (κ3) is 3.93. The van der Waals surface area contributed by atoms with Crippen LogP contribution in [0.15, 0.2) is 18.2 Å². The summed E-state index contributed by atoms with van der Waals surface area (Å²) < 4.78 is 84.9. The Morgan fingerprint density at radius 2 is 1.38 bits per heavy atom. The molecule has 0 saturated heterocycles. The summed E-state index contributed by atoms with van der Waals surface area (Å²) in [6, 6.07) is 2.89. The Morgan fingerprint density at radius 1 is 0.905 bits per heavy atom. The molecule has 9 heteroatoms. The van der Waals surface area contributed by atoms with Gasteiger partial charge in [-0.05, 0) is 17.7 Å². The van der Waals surface area contributed by atoms with Gasteiger partial charge < -0.3 is 14.6 Å². The minimum absolute atomic E-state index is 0.0860. The lowest BCUT2D eigenvalue weighted by Gasteiger charge is -2.27. The molecule has 0 radical (unpaired) electrons. The number of rotatable bonds is 4. The molecule has 21 heavy (non-hydrogen) atoms. The van der Waals surface area contributed by atoms with E-state index in [1.165, 1.54) is 14.2 Å². The van der Waals surface area contributed by atoms with Crippen molar-refractivity contribution in [2.24, 2.45) is 5.92 Å². The molecule has 0 amide bonds. The van der Waals surface area contributed by atoms with Crippen molar-refractivity contribution in [1.29, 1.82) is 0 Å².